The molecule has 3 rings (SSSR count). The van der Waals surface area contributed by atoms with Gasteiger partial charge in [0.05, 0.1) is 25.0 Å². The van der Waals surface area contributed by atoms with Crippen molar-refractivity contribution in [2.24, 2.45) is 0 Å². The van der Waals surface area contributed by atoms with Crippen molar-refractivity contribution in [3.8, 4) is 5.75 Å². The molecule has 6 nitrogen and oxygen atoms in total. The number of carbonyl (C=O) groups is 1. The van der Waals surface area contributed by atoms with Crippen molar-refractivity contribution in [1.29, 1.82) is 0 Å². The van der Waals surface area contributed by atoms with Gasteiger partial charge in [-0.2, -0.15) is 0 Å². The molecule has 1 saturated heterocycles. The lowest BCUT2D eigenvalue weighted by Gasteiger charge is -2.10. The SMILES string of the molecule is O=C(Nc1ccc(C2OCCO2)cc1)c1cncc(O)c1. The maximum Gasteiger partial charge on any atom is 0.257 e. The minimum Gasteiger partial charge on any atom is -0.506 e. The predicted molar refractivity (Wildman–Crippen MR) is 74.9 cm³/mol. The van der Waals surface area contributed by atoms with E-state index in [0.717, 1.165) is 5.56 Å². The zero-order valence-corrected chi connectivity index (χ0v) is 11.2. The van der Waals surface area contributed by atoms with Crippen LogP contribution in [0.2, 0.25) is 0 Å². The summed E-state index contributed by atoms with van der Waals surface area (Å²) in [5.74, 6) is -0.381. The number of benzene rings is 1. The van der Waals surface area contributed by atoms with E-state index in [1.165, 1.54) is 18.5 Å². The number of aromatic hydroxyl groups is 1. The number of rotatable bonds is 3. The Morgan fingerprint density at radius 2 is 1.90 bits per heavy atom. The number of hydrogen-bond donors (Lipinski definition) is 2. The molecule has 0 aliphatic carbocycles. The topological polar surface area (TPSA) is 80.7 Å². The van der Waals surface area contributed by atoms with Gasteiger partial charge in [0, 0.05) is 17.4 Å². The van der Waals surface area contributed by atoms with E-state index in [0.29, 0.717) is 24.5 Å². The van der Waals surface area contributed by atoms with Crippen LogP contribution in [0.25, 0.3) is 0 Å². The van der Waals surface area contributed by atoms with Crippen LogP contribution in [0.3, 0.4) is 0 Å². The number of anilines is 1. The average molecular weight is 286 g/mol. The van der Waals surface area contributed by atoms with Crippen LogP contribution in [0.15, 0.2) is 42.7 Å². The second-order valence-corrected chi connectivity index (χ2v) is 4.58. The highest BCUT2D eigenvalue weighted by Crippen LogP contribution is 2.24. The number of aromatic nitrogens is 1. The van der Waals surface area contributed by atoms with E-state index >= 15 is 0 Å². The molecule has 2 heterocycles. The van der Waals surface area contributed by atoms with Gasteiger partial charge in [-0.1, -0.05) is 12.1 Å². The monoisotopic (exact) mass is 286 g/mol. The summed E-state index contributed by atoms with van der Waals surface area (Å²) in [6, 6.07) is 8.58. The van der Waals surface area contributed by atoms with Gasteiger partial charge in [0.15, 0.2) is 6.29 Å². The summed E-state index contributed by atoms with van der Waals surface area (Å²) in [5, 5.41) is 12.0. The second kappa shape index (κ2) is 5.90. The molecule has 0 bridgehead atoms. The van der Waals surface area contributed by atoms with Gasteiger partial charge in [-0.3, -0.25) is 9.78 Å². The van der Waals surface area contributed by atoms with E-state index in [1.807, 2.05) is 12.1 Å². The van der Waals surface area contributed by atoms with E-state index in [9.17, 15) is 9.90 Å². The highest BCUT2D eigenvalue weighted by Gasteiger charge is 2.18. The molecule has 1 amide bonds. The number of nitrogens with one attached hydrogen (secondary N) is 1. The first kappa shape index (κ1) is 13.5. The fraction of sp³-hybridized carbons (Fsp3) is 0.200. The summed E-state index contributed by atoms with van der Waals surface area (Å²) >= 11 is 0. The molecule has 1 aromatic heterocycles. The largest absolute Gasteiger partial charge is 0.506 e. The molecule has 6 heteroatoms. The number of pyridine rings is 1. The Hall–Kier alpha value is -2.44. The van der Waals surface area contributed by atoms with Gasteiger partial charge < -0.3 is 19.9 Å². The van der Waals surface area contributed by atoms with E-state index < -0.39 is 0 Å². The minimum absolute atomic E-state index is 0.0477. The lowest BCUT2D eigenvalue weighted by molar-refractivity contribution is -0.0441. The van der Waals surface area contributed by atoms with Gasteiger partial charge in [-0.25, -0.2) is 0 Å². The molecule has 2 N–H and O–H groups in total. The summed E-state index contributed by atoms with van der Waals surface area (Å²) in [4.78, 5) is 15.8. The zero-order chi connectivity index (χ0) is 14.7. The smallest absolute Gasteiger partial charge is 0.257 e. The normalized spacial score (nSPS) is 15.0. The van der Waals surface area contributed by atoms with Crippen molar-refractivity contribution >= 4 is 11.6 Å². The van der Waals surface area contributed by atoms with Crippen molar-refractivity contribution in [3.05, 3.63) is 53.9 Å². The van der Waals surface area contributed by atoms with E-state index in [2.05, 4.69) is 10.3 Å². The first-order valence-electron chi connectivity index (χ1n) is 6.51. The number of carbonyl (C=O) groups excluding carboxylic acids is 1. The molecule has 0 saturated carbocycles. The lowest BCUT2D eigenvalue weighted by Crippen LogP contribution is -2.12. The molecule has 108 valence electrons. The Labute approximate surface area is 121 Å². The van der Waals surface area contributed by atoms with Gasteiger partial charge in [-0.05, 0) is 18.2 Å². The first-order chi connectivity index (χ1) is 10.2. The first-order valence-corrected chi connectivity index (χ1v) is 6.51. The van der Waals surface area contributed by atoms with Crippen LogP contribution in [-0.2, 0) is 9.47 Å². The fourth-order valence-electron chi connectivity index (χ4n) is 2.03. The molecule has 1 aliphatic heterocycles. The molecule has 0 atom stereocenters. The van der Waals surface area contributed by atoms with Crippen LogP contribution in [0.1, 0.15) is 22.2 Å². The Morgan fingerprint density at radius 3 is 2.57 bits per heavy atom. The summed E-state index contributed by atoms with van der Waals surface area (Å²) < 4.78 is 10.8. The van der Waals surface area contributed by atoms with Gasteiger partial charge in [0.1, 0.15) is 5.75 Å². The van der Waals surface area contributed by atoms with Gasteiger partial charge in [0.2, 0.25) is 0 Å². The zero-order valence-electron chi connectivity index (χ0n) is 11.2. The molecule has 2 aromatic rings. The number of ether oxygens (including phenoxy) is 2. The molecular formula is C15H14N2O4. The molecule has 1 aromatic carbocycles. The van der Waals surface area contributed by atoms with E-state index in [-0.39, 0.29) is 17.9 Å². The lowest BCUT2D eigenvalue weighted by atomic mass is 10.2. The van der Waals surface area contributed by atoms with Crippen molar-refractivity contribution in [3.63, 3.8) is 0 Å². The summed E-state index contributed by atoms with van der Waals surface area (Å²) in [7, 11) is 0. The second-order valence-electron chi connectivity index (χ2n) is 4.58. The van der Waals surface area contributed by atoms with Crippen LogP contribution in [-0.4, -0.2) is 29.2 Å². The summed E-state index contributed by atoms with van der Waals surface area (Å²) in [6.07, 6.45) is 2.33. The fourth-order valence-corrected chi connectivity index (χ4v) is 2.03. The highest BCUT2D eigenvalue weighted by atomic mass is 16.7. The number of amides is 1. The Balaban J connectivity index is 1.68. The molecule has 0 spiro atoms. The third kappa shape index (κ3) is 3.18. The van der Waals surface area contributed by atoms with Crippen LogP contribution in [0.5, 0.6) is 5.75 Å². The number of hydrogen-bond acceptors (Lipinski definition) is 5. The van der Waals surface area contributed by atoms with Crippen LogP contribution in [0, 0.1) is 0 Å². The average Bonchev–Trinajstić information content (AvgIpc) is 3.02. The summed E-state index contributed by atoms with van der Waals surface area (Å²) in [5.41, 5.74) is 1.84. The quantitative estimate of drug-likeness (QED) is 0.903. The molecule has 1 aliphatic rings. The number of nitrogens with zero attached hydrogens (tertiary/aromatic N) is 1. The molecule has 1 fully saturated rings. The van der Waals surface area contributed by atoms with E-state index in [4.69, 9.17) is 9.47 Å². The third-order valence-electron chi connectivity index (χ3n) is 3.05. The van der Waals surface area contributed by atoms with Crippen LogP contribution < -0.4 is 5.32 Å². The standard InChI is InChI=1S/C15H14N2O4/c18-13-7-11(8-16-9-13)14(19)17-12-3-1-10(2-4-12)15-20-5-6-21-15/h1-4,7-9,15,18H,5-6H2,(H,17,19). The van der Waals surface area contributed by atoms with Gasteiger partial charge in [0.25, 0.3) is 5.91 Å². The summed E-state index contributed by atoms with van der Waals surface area (Å²) in [6.45, 7) is 1.18. The molecular weight excluding hydrogens is 272 g/mol. The maximum atomic E-state index is 12.0. The molecule has 0 radical (unpaired) electrons. The third-order valence-corrected chi connectivity index (χ3v) is 3.05. The molecule has 0 unspecified atom stereocenters. The van der Waals surface area contributed by atoms with Gasteiger partial charge >= 0.3 is 0 Å². The predicted octanol–water partition coefficient (Wildman–Crippen LogP) is 2.08. The van der Waals surface area contributed by atoms with E-state index in [1.54, 1.807) is 12.1 Å². The Morgan fingerprint density at radius 1 is 1.19 bits per heavy atom. The maximum absolute atomic E-state index is 12.0. The van der Waals surface area contributed by atoms with Crippen molar-refractivity contribution in [1.82, 2.24) is 4.98 Å². The van der Waals surface area contributed by atoms with Gasteiger partial charge in [-0.15, -0.1) is 0 Å². The van der Waals surface area contributed by atoms with Crippen LogP contribution in [0.4, 0.5) is 5.69 Å². The van der Waals surface area contributed by atoms with Crippen molar-refractivity contribution < 1.29 is 19.4 Å². The molecule has 21 heavy (non-hydrogen) atoms. The Bertz CT molecular complexity index is 636. The Kier molecular flexibility index (Phi) is 3.81. The van der Waals surface area contributed by atoms with Crippen LogP contribution >= 0.6 is 0 Å². The van der Waals surface area contributed by atoms with Crippen molar-refractivity contribution in [2.75, 3.05) is 18.5 Å². The van der Waals surface area contributed by atoms with Crippen molar-refractivity contribution in [2.45, 2.75) is 6.29 Å². The minimum atomic E-state index is -0.334. The highest BCUT2D eigenvalue weighted by molar-refractivity contribution is 6.04.